The molecule has 5 heteroatoms. The number of hydrogen-bond donors (Lipinski definition) is 0. The monoisotopic (exact) mass is 353 g/mol. The molecule has 1 aliphatic heterocycles. The fourth-order valence-electron chi connectivity index (χ4n) is 2.81. The van der Waals surface area contributed by atoms with E-state index in [1.165, 1.54) is 0 Å². The second-order valence-corrected chi connectivity index (χ2v) is 7.59. The Morgan fingerprint density at radius 3 is 2.81 bits per heavy atom. The number of aromatic nitrogens is 1. The molecule has 21 heavy (non-hydrogen) atoms. The average molecular weight is 354 g/mol. The second-order valence-electron chi connectivity index (χ2n) is 6.74. The number of halogens is 1. The minimum absolute atomic E-state index is 0.211. The Kier molecular flexibility index (Phi) is 4.91. The van der Waals surface area contributed by atoms with Gasteiger partial charge < -0.3 is 9.80 Å². The van der Waals surface area contributed by atoms with Crippen molar-refractivity contribution >= 4 is 27.5 Å². The van der Waals surface area contributed by atoms with Gasteiger partial charge in [0, 0.05) is 44.0 Å². The number of hydrogen-bond acceptors (Lipinski definition) is 3. The third kappa shape index (κ3) is 3.76. The number of nitrogens with zero attached hydrogens (tertiary/aromatic N) is 3. The molecular formula is C16H24BrN3O. The second kappa shape index (κ2) is 6.34. The molecule has 0 aromatic carbocycles. The number of piperidine rings is 1. The van der Waals surface area contributed by atoms with E-state index in [1.54, 1.807) is 0 Å². The highest BCUT2D eigenvalue weighted by Gasteiger charge is 2.32. The molecule has 1 aromatic rings. The Labute approximate surface area is 135 Å². The standard InChI is InChI=1S/C16H24BrN3O/c1-16(2,3)15(21)19(4)12-6-5-9-20(11-12)14-7-8-18-10-13(14)17/h7-8,10,12H,5-6,9,11H2,1-4H3. The maximum Gasteiger partial charge on any atom is 0.227 e. The van der Waals surface area contributed by atoms with Gasteiger partial charge in [0.15, 0.2) is 0 Å². The summed E-state index contributed by atoms with van der Waals surface area (Å²) in [7, 11) is 1.93. The van der Waals surface area contributed by atoms with Gasteiger partial charge in [-0.3, -0.25) is 9.78 Å². The Balaban J connectivity index is 2.11. The molecule has 1 amide bonds. The topological polar surface area (TPSA) is 36.4 Å². The van der Waals surface area contributed by atoms with Crippen molar-refractivity contribution in [1.29, 1.82) is 0 Å². The zero-order valence-electron chi connectivity index (χ0n) is 13.3. The molecular weight excluding hydrogens is 330 g/mol. The van der Waals surface area contributed by atoms with E-state index in [4.69, 9.17) is 0 Å². The van der Waals surface area contributed by atoms with Crippen molar-refractivity contribution in [1.82, 2.24) is 9.88 Å². The van der Waals surface area contributed by atoms with Crippen LogP contribution in [0.4, 0.5) is 5.69 Å². The van der Waals surface area contributed by atoms with E-state index in [0.717, 1.165) is 36.1 Å². The number of likely N-dealkylation sites (N-methyl/N-ethyl adjacent to an activating group) is 1. The van der Waals surface area contributed by atoms with Gasteiger partial charge in [-0.25, -0.2) is 0 Å². The summed E-state index contributed by atoms with van der Waals surface area (Å²) in [6, 6.07) is 2.29. The summed E-state index contributed by atoms with van der Waals surface area (Å²) >= 11 is 3.56. The molecule has 2 rings (SSSR count). The average Bonchev–Trinajstić information content (AvgIpc) is 2.45. The van der Waals surface area contributed by atoms with Crippen LogP contribution in [-0.4, -0.2) is 42.0 Å². The highest BCUT2D eigenvalue weighted by molar-refractivity contribution is 9.10. The van der Waals surface area contributed by atoms with Gasteiger partial charge in [-0.15, -0.1) is 0 Å². The van der Waals surface area contributed by atoms with Crippen molar-refractivity contribution in [2.24, 2.45) is 5.41 Å². The van der Waals surface area contributed by atoms with Gasteiger partial charge in [0.05, 0.1) is 10.2 Å². The van der Waals surface area contributed by atoms with E-state index in [1.807, 2.05) is 51.2 Å². The lowest BCUT2D eigenvalue weighted by molar-refractivity contribution is -0.140. The molecule has 4 nitrogen and oxygen atoms in total. The van der Waals surface area contributed by atoms with Gasteiger partial charge in [-0.05, 0) is 34.8 Å². The van der Waals surface area contributed by atoms with Crippen molar-refractivity contribution in [3.63, 3.8) is 0 Å². The SMILES string of the molecule is CN(C(=O)C(C)(C)C)C1CCCN(c2ccncc2Br)C1. The Bertz CT molecular complexity index is 512. The summed E-state index contributed by atoms with van der Waals surface area (Å²) in [6.45, 7) is 7.83. The van der Waals surface area contributed by atoms with Crippen LogP contribution in [0.25, 0.3) is 0 Å². The van der Waals surface area contributed by atoms with E-state index in [2.05, 4.69) is 25.8 Å². The van der Waals surface area contributed by atoms with Crippen molar-refractivity contribution in [3.8, 4) is 0 Å². The first-order valence-corrected chi connectivity index (χ1v) is 8.21. The molecule has 1 atom stereocenters. The van der Waals surface area contributed by atoms with Gasteiger partial charge in [0.2, 0.25) is 5.91 Å². The largest absolute Gasteiger partial charge is 0.368 e. The first-order chi connectivity index (χ1) is 9.80. The maximum absolute atomic E-state index is 12.5. The highest BCUT2D eigenvalue weighted by Crippen LogP contribution is 2.29. The lowest BCUT2D eigenvalue weighted by Gasteiger charge is -2.40. The van der Waals surface area contributed by atoms with Crippen LogP contribution >= 0.6 is 15.9 Å². The van der Waals surface area contributed by atoms with Crippen LogP contribution in [0.5, 0.6) is 0 Å². The molecule has 1 aromatic heterocycles. The molecule has 1 fully saturated rings. The normalized spacial score (nSPS) is 19.5. The zero-order chi connectivity index (χ0) is 15.6. The van der Waals surface area contributed by atoms with Crippen LogP contribution < -0.4 is 4.90 Å². The van der Waals surface area contributed by atoms with Crippen molar-refractivity contribution in [2.45, 2.75) is 39.7 Å². The Hall–Kier alpha value is -1.10. The van der Waals surface area contributed by atoms with Crippen LogP contribution in [0.15, 0.2) is 22.9 Å². The van der Waals surface area contributed by atoms with Crippen LogP contribution in [0, 0.1) is 5.41 Å². The molecule has 0 N–H and O–H groups in total. The number of amides is 1. The van der Waals surface area contributed by atoms with E-state index < -0.39 is 0 Å². The fourth-order valence-corrected chi connectivity index (χ4v) is 3.31. The fraction of sp³-hybridized carbons (Fsp3) is 0.625. The summed E-state index contributed by atoms with van der Waals surface area (Å²) in [4.78, 5) is 20.8. The third-order valence-electron chi connectivity index (χ3n) is 4.00. The predicted molar refractivity (Wildman–Crippen MR) is 89.4 cm³/mol. The molecule has 0 spiro atoms. The summed E-state index contributed by atoms with van der Waals surface area (Å²) in [5, 5.41) is 0. The number of carbonyl (C=O) groups is 1. The zero-order valence-corrected chi connectivity index (χ0v) is 14.9. The van der Waals surface area contributed by atoms with Crippen molar-refractivity contribution in [2.75, 3.05) is 25.0 Å². The highest BCUT2D eigenvalue weighted by atomic mass is 79.9. The van der Waals surface area contributed by atoms with Crippen LogP contribution in [0.1, 0.15) is 33.6 Å². The molecule has 1 unspecified atom stereocenters. The molecule has 2 heterocycles. The molecule has 0 aliphatic carbocycles. The van der Waals surface area contributed by atoms with E-state index >= 15 is 0 Å². The Morgan fingerprint density at radius 2 is 2.19 bits per heavy atom. The molecule has 0 saturated carbocycles. The van der Waals surface area contributed by atoms with E-state index in [-0.39, 0.29) is 17.4 Å². The smallest absolute Gasteiger partial charge is 0.227 e. The van der Waals surface area contributed by atoms with Crippen molar-refractivity contribution in [3.05, 3.63) is 22.9 Å². The van der Waals surface area contributed by atoms with Gasteiger partial charge in [-0.1, -0.05) is 20.8 Å². The van der Waals surface area contributed by atoms with Crippen molar-refractivity contribution < 1.29 is 4.79 Å². The minimum atomic E-state index is -0.325. The molecule has 0 radical (unpaired) electrons. The molecule has 116 valence electrons. The number of pyridine rings is 1. The number of carbonyl (C=O) groups excluding carboxylic acids is 1. The minimum Gasteiger partial charge on any atom is -0.368 e. The first-order valence-electron chi connectivity index (χ1n) is 7.42. The summed E-state index contributed by atoms with van der Waals surface area (Å²) in [6.07, 6.45) is 5.80. The lowest BCUT2D eigenvalue weighted by Crippen LogP contribution is -2.51. The van der Waals surface area contributed by atoms with Crippen LogP contribution in [0.2, 0.25) is 0 Å². The molecule has 1 saturated heterocycles. The van der Waals surface area contributed by atoms with E-state index in [0.29, 0.717) is 0 Å². The van der Waals surface area contributed by atoms with Gasteiger partial charge >= 0.3 is 0 Å². The Morgan fingerprint density at radius 1 is 1.48 bits per heavy atom. The van der Waals surface area contributed by atoms with Crippen LogP contribution in [-0.2, 0) is 4.79 Å². The molecule has 0 bridgehead atoms. The number of anilines is 1. The third-order valence-corrected chi connectivity index (χ3v) is 4.61. The predicted octanol–water partition coefficient (Wildman–Crippen LogP) is 3.32. The summed E-state index contributed by atoms with van der Waals surface area (Å²) < 4.78 is 1.01. The molecule has 1 aliphatic rings. The van der Waals surface area contributed by atoms with Crippen LogP contribution in [0.3, 0.4) is 0 Å². The maximum atomic E-state index is 12.5. The quantitative estimate of drug-likeness (QED) is 0.818. The van der Waals surface area contributed by atoms with Gasteiger partial charge in [-0.2, -0.15) is 0 Å². The van der Waals surface area contributed by atoms with E-state index in [9.17, 15) is 4.79 Å². The van der Waals surface area contributed by atoms with Gasteiger partial charge in [0.25, 0.3) is 0 Å². The summed E-state index contributed by atoms with van der Waals surface area (Å²) in [5.41, 5.74) is 0.833. The number of rotatable bonds is 2. The summed E-state index contributed by atoms with van der Waals surface area (Å²) in [5.74, 6) is 0.211. The lowest BCUT2D eigenvalue weighted by atomic mass is 9.93. The first kappa shape index (κ1) is 16.3. The van der Waals surface area contributed by atoms with Gasteiger partial charge in [0.1, 0.15) is 0 Å².